The molecule has 2 atom stereocenters. The second-order valence-electron chi connectivity index (χ2n) is 6.52. The molecular formula is C16H27NO4. The minimum atomic E-state index is -0.353. The summed E-state index contributed by atoms with van der Waals surface area (Å²) >= 11 is 0. The highest BCUT2D eigenvalue weighted by Crippen LogP contribution is 2.58. The lowest BCUT2D eigenvalue weighted by Crippen LogP contribution is -2.67. The number of hydrogen-bond acceptors (Lipinski definition) is 4. The Morgan fingerprint density at radius 1 is 1.29 bits per heavy atom. The molecule has 0 bridgehead atoms. The molecule has 0 aromatic heterocycles. The Labute approximate surface area is 126 Å². The maximum atomic E-state index is 12.5. The number of carbonyl (C=O) groups excluding carboxylic acids is 1. The monoisotopic (exact) mass is 297 g/mol. The first-order chi connectivity index (χ1) is 10.2. The summed E-state index contributed by atoms with van der Waals surface area (Å²) in [5, 5.41) is 0. The molecule has 3 aliphatic rings. The van der Waals surface area contributed by atoms with Crippen molar-refractivity contribution >= 4 is 5.91 Å². The van der Waals surface area contributed by atoms with E-state index in [4.69, 9.17) is 14.2 Å². The molecule has 1 amide bonds. The van der Waals surface area contributed by atoms with Crippen LogP contribution in [0.25, 0.3) is 0 Å². The number of carbonyl (C=O) groups is 1. The molecule has 1 aliphatic heterocycles. The van der Waals surface area contributed by atoms with Crippen molar-refractivity contribution in [2.24, 2.45) is 5.41 Å². The minimum absolute atomic E-state index is 0.133. The second-order valence-corrected chi connectivity index (χ2v) is 6.52. The van der Waals surface area contributed by atoms with E-state index in [9.17, 15) is 4.79 Å². The standard InChI is InChI=1S/C16H27NO4/c1-3-19-13-10-12(16(13)6-4-7-16)17(2)14(18)11-15-20-8-5-9-21-15/h12-13,15H,3-11H2,1-2H3. The number of rotatable bonds is 5. The molecule has 120 valence electrons. The van der Waals surface area contributed by atoms with Crippen LogP contribution in [-0.4, -0.2) is 56.1 Å². The average Bonchev–Trinajstić information content (AvgIpc) is 2.41. The van der Waals surface area contributed by atoms with Gasteiger partial charge in [0.1, 0.15) is 0 Å². The molecule has 21 heavy (non-hydrogen) atoms. The van der Waals surface area contributed by atoms with Crippen molar-refractivity contribution in [3.63, 3.8) is 0 Å². The number of ether oxygens (including phenoxy) is 3. The van der Waals surface area contributed by atoms with Gasteiger partial charge in [-0.2, -0.15) is 0 Å². The van der Waals surface area contributed by atoms with E-state index in [0.29, 0.717) is 31.8 Å². The van der Waals surface area contributed by atoms with Crippen LogP contribution in [-0.2, 0) is 19.0 Å². The minimum Gasteiger partial charge on any atom is -0.378 e. The number of hydrogen-bond donors (Lipinski definition) is 0. The second kappa shape index (κ2) is 6.23. The van der Waals surface area contributed by atoms with Gasteiger partial charge in [-0.3, -0.25) is 4.79 Å². The first-order valence-electron chi connectivity index (χ1n) is 8.28. The molecule has 3 rings (SSSR count). The lowest BCUT2D eigenvalue weighted by Gasteiger charge is -2.63. The fourth-order valence-corrected chi connectivity index (χ4v) is 4.06. The predicted molar refractivity (Wildman–Crippen MR) is 77.8 cm³/mol. The van der Waals surface area contributed by atoms with Crippen LogP contribution >= 0.6 is 0 Å². The summed E-state index contributed by atoms with van der Waals surface area (Å²) in [4.78, 5) is 14.4. The van der Waals surface area contributed by atoms with Crippen LogP contribution in [0, 0.1) is 5.41 Å². The highest BCUT2D eigenvalue weighted by molar-refractivity contribution is 5.77. The van der Waals surface area contributed by atoms with Crippen molar-refractivity contribution in [1.82, 2.24) is 4.90 Å². The average molecular weight is 297 g/mol. The van der Waals surface area contributed by atoms with E-state index in [1.807, 2.05) is 18.9 Å². The van der Waals surface area contributed by atoms with E-state index in [1.165, 1.54) is 19.3 Å². The zero-order valence-corrected chi connectivity index (χ0v) is 13.2. The van der Waals surface area contributed by atoms with Crippen LogP contribution < -0.4 is 0 Å². The van der Waals surface area contributed by atoms with Crippen LogP contribution in [0.5, 0.6) is 0 Å². The summed E-state index contributed by atoms with van der Waals surface area (Å²) in [6.45, 7) is 4.20. The Kier molecular flexibility index (Phi) is 4.52. The summed E-state index contributed by atoms with van der Waals surface area (Å²) in [5.74, 6) is 0.133. The van der Waals surface area contributed by atoms with Gasteiger partial charge in [-0.15, -0.1) is 0 Å². The van der Waals surface area contributed by atoms with Gasteiger partial charge in [0.2, 0.25) is 5.91 Å². The quantitative estimate of drug-likeness (QED) is 0.778. The lowest BCUT2D eigenvalue weighted by atomic mass is 9.50. The zero-order chi connectivity index (χ0) is 14.9. The molecule has 1 spiro atoms. The van der Waals surface area contributed by atoms with Crippen LogP contribution in [0.2, 0.25) is 0 Å². The Bertz CT molecular complexity index is 376. The summed E-state index contributed by atoms with van der Waals surface area (Å²) in [5.41, 5.74) is 0.231. The van der Waals surface area contributed by atoms with E-state index in [0.717, 1.165) is 19.4 Å². The molecule has 2 unspecified atom stereocenters. The van der Waals surface area contributed by atoms with Crippen molar-refractivity contribution < 1.29 is 19.0 Å². The highest BCUT2D eigenvalue weighted by atomic mass is 16.7. The molecule has 0 aromatic carbocycles. The van der Waals surface area contributed by atoms with Gasteiger partial charge in [0.05, 0.1) is 25.7 Å². The smallest absolute Gasteiger partial charge is 0.227 e. The molecule has 5 nitrogen and oxygen atoms in total. The molecule has 1 saturated heterocycles. The van der Waals surface area contributed by atoms with Crippen LogP contribution in [0.3, 0.4) is 0 Å². The maximum absolute atomic E-state index is 12.5. The Morgan fingerprint density at radius 2 is 2.00 bits per heavy atom. The molecular weight excluding hydrogens is 270 g/mol. The van der Waals surface area contributed by atoms with Gasteiger partial charge in [-0.25, -0.2) is 0 Å². The van der Waals surface area contributed by atoms with Gasteiger partial charge < -0.3 is 19.1 Å². The van der Waals surface area contributed by atoms with Crippen molar-refractivity contribution in [2.45, 2.75) is 63.9 Å². The van der Waals surface area contributed by atoms with E-state index in [1.54, 1.807) is 0 Å². The van der Waals surface area contributed by atoms with Crippen molar-refractivity contribution in [3.05, 3.63) is 0 Å². The largest absolute Gasteiger partial charge is 0.378 e. The van der Waals surface area contributed by atoms with Crippen LogP contribution in [0.1, 0.15) is 45.4 Å². The van der Waals surface area contributed by atoms with E-state index in [2.05, 4.69) is 0 Å². The summed E-state index contributed by atoms with van der Waals surface area (Å²) in [7, 11) is 1.93. The van der Waals surface area contributed by atoms with Crippen molar-refractivity contribution in [2.75, 3.05) is 26.9 Å². The molecule has 2 aliphatic carbocycles. The van der Waals surface area contributed by atoms with Crippen molar-refractivity contribution in [3.8, 4) is 0 Å². The molecule has 0 N–H and O–H groups in total. The van der Waals surface area contributed by atoms with Gasteiger partial charge in [-0.05, 0) is 32.6 Å². The van der Waals surface area contributed by atoms with Gasteiger partial charge >= 0.3 is 0 Å². The topological polar surface area (TPSA) is 48.0 Å². The van der Waals surface area contributed by atoms with E-state index < -0.39 is 0 Å². The Hall–Kier alpha value is -0.650. The van der Waals surface area contributed by atoms with Crippen LogP contribution in [0.4, 0.5) is 0 Å². The molecule has 2 saturated carbocycles. The summed E-state index contributed by atoms with van der Waals surface area (Å²) in [6, 6.07) is 0.332. The predicted octanol–water partition coefficient (Wildman–Crippen LogP) is 1.95. The fourth-order valence-electron chi connectivity index (χ4n) is 4.06. The molecule has 0 aromatic rings. The van der Waals surface area contributed by atoms with Gasteiger partial charge in [0.15, 0.2) is 6.29 Å². The lowest BCUT2D eigenvalue weighted by molar-refractivity contribution is -0.210. The van der Waals surface area contributed by atoms with Gasteiger partial charge in [-0.1, -0.05) is 6.42 Å². The molecule has 3 fully saturated rings. The van der Waals surface area contributed by atoms with Crippen LogP contribution in [0.15, 0.2) is 0 Å². The first-order valence-corrected chi connectivity index (χ1v) is 8.28. The Morgan fingerprint density at radius 3 is 2.57 bits per heavy atom. The molecule has 5 heteroatoms. The Balaban J connectivity index is 1.55. The summed E-state index contributed by atoms with van der Waals surface area (Å²) < 4.78 is 16.8. The fraction of sp³-hybridized carbons (Fsp3) is 0.938. The zero-order valence-electron chi connectivity index (χ0n) is 13.2. The number of amides is 1. The van der Waals surface area contributed by atoms with Gasteiger partial charge in [0.25, 0.3) is 0 Å². The van der Waals surface area contributed by atoms with Crippen molar-refractivity contribution in [1.29, 1.82) is 0 Å². The number of nitrogens with zero attached hydrogens (tertiary/aromatic N) is 1. The third kappa shape index (κ3) is 2.71. The molecule has 1 heterocycles. The highest BCUT2D eigenvalue weighted by Gasteiger charge is 2.60. The normalized spacial score (nSPS) is 31.5. The molecule has 0 radical (unpaired) electrons. The third-order valence-electron chi connectivity index (χ3n) is 5.49. The SMILES string of the molecule is CCOC1CC(N(C)C(=O)CC2OCCCO2)C12CCC2. The third-order valence-corrected chi connectivity index (χ3v) is 5.49. The summed E-state index contributed by atoms with van der Waals surface area (Å²) in [6.07, 6.45) is 5.86. The first kappa shape index (κ1) is 15.3. The van der Waals surface area contributed by atoms with E-state index in [-0.39, 0.29) is 17.6 Å². The van der Waals surface area contributed by atoms with Gasteiger partial charge in [0, 0.05) is 25.1 Å². The van der Waals surface area contributed by atoms with E-state index >= 15 is 0 Å². The maximum Gasteiger partial charge on any atom is 0.227 e.